The van der Waals surface area contributed by atoms with Crippen molar-refractivity contribution < 1.29 is 0 Å². The van der Waals surface area contributed by atoms with Crippen molar-refractivity contribution in [2.24, 2.45) is 88.8 Å². The summed E-state index contributed by atoms with van der Waals surface area (Å²) in [4.78, 5) is 0. The van der Waals surface area contributed by atoms with Crippen LogP contribution >= 0.6 is 0 Å². The van der Waals surface area contributed by atoms with E-state index in [-0.39, 0.29) is 0 Å². The van der Waals surface area contributed by atoms with Gasteiger partial charge in [-0.15, -0.1) is 0 Å². The van der Waals surface area contributed by atoms with E-state index in [0.29, 0.717) is 0 Å². The minimum Gasteiger partial charge on any atom is -0.0651 e. The highest BCUT2D eigenvalue weighted by atomic mass is 14.5. The van der Waals surface area contributed by atoms with E-state index < -0.39 is 0 Å². The summed E-state index contributed by atoms with van der Waals surface area (Å²) in [6, 6.07) is 0. The molecule has 0 heteroatoms. The van der Waals surface area contributed by atoms with Crippen molar-refractivity contribution >= 4 is 0 Å². The lowest BCUT2D eigenvalue weighted by Crippen LogP contribution is -2.22. The predicted octanol–water partition coefficient (Wildman–Crippen LogP) is 13.3. The van der Waals surface area contributed by atoms with E-state index in [1.54, 1.807) is 6.42 Å². The van der Waals surface area contributed by atoms with E-state index in [4.69, 9.17) is 0 Å². The van der Waals surface area contributed by atoms with Gasteiger partial charge in [-0.1, -0.05) is 134 Å². The minimum atomic E-state index is 0.846. The number of unbranched alkanes of at least 4 members (excludes halogenated alkanes) is 1. The van der Waals surface area contributed by atoms with Crippen molar-refractivity contribution in [1.29, 1.82) is 0 Å². The molecule has 0 aromatic carbocycles. The molecule has 13 atom stereocenters. The summed E-state index contributed by atoms with van der Waals surface area (Å²) >= 11 is 0. The molecule has 41 heavy (non-hydrogen) atoms. The molecule has 0 aromatic rings. The van der Waals surface area contributed by atoms with E-state index in [0.717, 1.165) is 88.8 Å². The van der Waals surface area contributed by atoms with Gasteiger partial charge < -0.3 is 0 Å². The van der Waals surface area contributed by atoms with Crippen LogP contribution in [-0.4, -0.2) is 0 Å². The summed E-state index contributed by atoms with van der Waals surface area (Å²) in [6.45, 7) is 27.5. The average molecular weight is 571 g/mol. The molecule has 0 bridgehead atoms. The Morgan fingerprint density at radius 1 is 0.585 bits per heavy atom. The van der Waals surface area contributed by atoms with Gasteiger partial charge in [0.15, 0.2) is 0 Å². The molecule has 0 aliphatic heterocycles. The van der Waals surface area contributed by atoms with Crippen LogP contribution in [0.15, 0.2) is 0 Å². The maximum absolute atomic E-state index is 2.61. The zero-order chi connectivity index (χ0) is 30.3. The highest BCUT2D eigenvalue weighted by Crippen LogP contribution is 2.54. The van der Waals surface area contributed by atoms with E-state index in [9.17, 15) is 0 Å². The molecule has 0 nitrogen and oxygen atoms in total. The second-order valence-corrected chi connectivity index (χ2v) is 17.9. The smallest absolute Gasteiger partial charge is 0.0349 e. The Kier molecular flexibility index (Phi) is 14.6. The number of hydrogen-bond acceptors (Lipinski definition) is 0. The number of rotatable bonds is 23. The van der Waals surface area contributed by atoms with Gasteiger partial charge in [0.25, 0.3) is 0 Å². The van der Waals surface area contributed by atoms with Crippen molar-refractivity contribution in [3.05, 3.63) is 0 Å². The molecule has 0 aromatic heterocycles. The molecule has 3 fully saturated rings. The molecule has 3 aliphatic rings. The van der Waals surface area contributed by atoms with Crippen LogP contribution in [0.25, 0.3) is 0 Å². The first-order chi connectivity index (χ1) is 19.4. The Morgan fingerprint density at radius 2 is 1.29 bits per heavy atom. The molecule has 242 valence electrons. The molecule has 3 rings (SSSR count). The van der Waals surface area contributed by atoms with Gasteiger partial charge in [-0.25, -0.2) is 0 Å². The molecule has 0 saturated heterocycles. The second kappa shape index (κ2) is 16.9. The van der Waals surface area contributed by atoms with Crippen molar-refractivity contribution in [1.82, 2.24) is 0 Å². The predicted molar refractivity (Wildman–Crippen MR) is 184 cm³/mol. The molecule has 3 saturated carbocycles. The lowest BCUT2D eigenvalue weighted by Gasteiger charge is -2.31. The molecule has 0 radical (unpaired) electrons. The number of hydrogen-bond donors (Lipinski definition) is 0. The van der Waals surface area contributed by atoms with Crippen molar-refractivity contribution in [2.45, 2.75) is 172 Å². The molecular formula is C41H78. The standard InChI is InChI=1S/C41H78/c1-12-37-34(11)38(37)19-14-13-16-30(7)23-36-25-35(36)18-15-17-29(6)20-21-31(8)32(9)24-33(10)40(22-27(2)3)41-26-39(41)28(4)5/h27-41H,12-26H2,1-11H3. The molecule has 0 spiro atoms. The Labute approximate surface area is 260 Å². The maximum Gasteiger partial charge on any atom is -0.0349 e. The van der Waals surface area contributed by atoms with Gasteiger partial charge in [-0.3, -0.25) is 0 Å². The van der Waals surface area contributed by atoms with Gasteiger partial charge in [-0.05, 0) is 127 Å². The summed E-state index contributed by atoms with van der Waals surface area (Å²) < 4.78 is 0. The third-order valence-corrected chi connectivity index (χ3v) is 13.4. The maximum atomic E-state index is 2.61. The van der Waals surface area contributed by atoms with Crippen molar-refractivity contribution in [3.63, 3.8) is 0 Å². The van der Waals surface area contributed by atoms with E-state index in [1.165, 1.54) is 89.9 Å². The average Bonchev–Trinajstić information content (AvgIpc) is 3.83. The van der Waals surface area contributed by atoms with Gasteiger partial charge in [-0.2, -0.15) is 0 Å². The van der Waals surface area contributed by atoms with Crippen LogP contribution in [0, 0.1) is 88.8 Å². The van der Waals surface area contributed by atoms with Gasteiger partial charge in [0.2, 0.25) is 0 Å². The van der Waals surface area contributed by atoms with Crippen LogP contribution in [0.1, 0.15) is 172 Å². The highest BCUT2D eigenvalue weighted by Gasteiger charge is 2.46. The third kappa shape index (κ3) is 11.8. The first kappa shape index (κ1) is 35.5. The lowest BCUT2D eigenvalue weighted by atomic mass is 9.75. The highest BCUT2D eigenvalue weighted by molar-refractivity contribution is 4.95. The molecule has 0 amide bonds. The van der Waals surface area contributed by atoms with Crippen LogP contribution in [0.4, 0.5) is 0 Å². The Bertz CT molecular complexity index is 705. The molecule has 0 N–H and O–H groups in total. The quantitative estimate of drug-likeness (QED) is 0.107. The topological polar surface area (TPSA) is 0 Å². The van der Waals surface area contributed by atoms with Crippen LogP contribution in [0.3, 0.4) is 0 Å². The zero-order valence-electron chi connectivity index (χ0n) is 30.3. The minimum absolute atomic E-state index is 0.846. The van der Waals surface area contributed by atoms with E-state index in [1.807, 2.05) is 0 Å². The normalized spacial score (nSPS) is 33.4. The SMILES string of the molecule is CCC1C(C)C1CCCCC(C)CC1CC1CCCC(C)CCC(C)C(C)CC(C)C(CC(C)C)C1CC1C(C)C. The van der Waals surface area contributed by atoms with Gasteiger partial charge >= 0.3 is 0 Å². The monoisotopic (exact) mass is 571 g/mol. The summed E-state index contributed by atoms with van der Waals surface area (Å²) in [6.07, 6.45) is 22.3. The molecule has 0 heterocycles. The fourth-order valence-corrected chi connectivity index (χ4v) is 9.81. The zero-order valence-corrected chi connectivity index (χ0v) is 30.3. The molecule has 13 unspecified atom stereocenters. The first-order valence-electron chi connectivity index (χ1n) is 19.4. The summed E-state index contributed by atoms with van der Waals surface area (Å²) in [5.41, 5.74) is 0. The first-order valence-corrected chi connectivity index (χ1v) is 19.4. The van der Waals surface area contributed by atoms with E-state index >= 15 is 0 Å². The third-order valence-electron chi connectivity index (χ3n) is 13.4. The van der Waals surface area contributed by atoms with Crippen LogP contribution in [0.5, 0.6) is 0 Å². The lowest BCUT2D eigenvalue weighted by molar-refractivity contribution is 0.189. The van der Waals surface area contributed by atoms with Gasteiger partial charge in [0.1, 0.15) is 0 Å². The van der Waals surface area contributed by atoms with Crippen molar-refractivity contribution in [2.75, 3.05) is 0 Å². The Balaban J connectivity index is 1.21. The summed E-state index contributed by atoms with van der Waals surface area (Å²) in [5.74, 6) is 14.7. The Hall–Kier alpha value is 0. The fourth-order valence-electron chi connectivity index (χ4n) is 9.81. The van der Waals surface area contributed by atoms with Gasteiger partial charge in [0.05, 0.1) is 0 Å². The molecular weight excluding hydrogens is 492 g/mol. The largest absolute Gasteiger partial charge is 0.0651 e. The van der Waals surface area contributed by atoms with E-state index in [2.05, 4.69) is 76.2 Å². The second-order valence-electron chi connectivity index (χ2n) is 17.9. The van der Waals surface area contributed by atoms with Crippen LogP contribution < -0.4 is 0 Å². The van der Waals surface area contributed by atoms with Crippen LogP contribution in [0.2, 0.25) is 0 Å². The molecule has 3 aliphatic carbocycles. The summed E-state index contributed by atoms with van der Waals surface area (Å²) in [5, 5.41) is 0. The Morgan fingerprint density at radius 3 is 1.90 bits per heavy atom. The summed E-state index contributed by atoms with van der Waals surface area (Å²) in [7, 11) is 0. The fraction of sp³-hybridized carbons (Fsp3) is 1.00. The van der Waals surface area contributed by atoms with Gasteiger partial charge in [0, 0.05) is 0 Å². The van der Waals surface area contributed by atoms with Crippen molar-refractivity contribution in [3.8, 4) is 0 Å². The van der Waals surface area contributed by atoms with Crippen LogP contribution in [-0.2, 0) is 0 Å².